The molecule has 0 radical (unpaired) electrons. The van der Waals surface area contributed by atoms with Gasteiger partial charge in [-0.25, -0.2) is 9.78 Å². The number of halogens is 3. The molecule has 1 aromatic rings. The van der Waals surface area contributed by atoms with Crippen molar-refractivity contribution in [2.45, 2.75) is 51.2 Å². The molecular formula is C15H20F3N3O3S. The zero-order valence-corrected chi connectivity index (χ0v) is 14.5. The van der Waals surface area contributed by atoms with E-state index in [1.54, 1.807) is 11.3 Å². The number of thiazole rings is 1. The first-order valence-corrected chi connectivity index (χ1v) is 8.76. The van der Waals surface area contributed by atoms with Gasteiger partial charge in [0.2, 0.25) is 5.91 Å². The number of aryl methyl sites for hydroxylation is 1. The van der Waals surface area contributed by atoms with Gasteiger partial charge < -0.3 is 15.7 Å². The summed E-state index contributed by atoms with van der Waals surface area (Å²) in [6.07, 6.45) is 2.60. The molecule has 1 saturated carbocycles. The predicted molar refractivity (Wildman–Crippen MR) is 86.5 cm³/mol. The summed E-state index contributed by atoms with van der Waals surface area (Å²) in [5.74, 6) is -2.68. The highest BCUT2D eigenvalue weighted by Crippen LogP contribution is 2.47. The Bertz CT molecular complexity index is 629. The molecule has 10 heteroatoms. The van der Waals surface area contributed by atoms with Gasteiger partial charge in [0.1, 0.15) is 0 Å². The average Bonchev–Trinajstić information content (AvgIpc) is 3.13. The van der Waals surface area contributed by atoms with Crippen LogP contribution in [0.2, 0.25) is 0 Å². The van der Waals surface area contributed by atoms with Crippen LogP contribution in [0.1, 0.15) is 37.5 Å². The van der Waals surface area contributed by atoms with E-state index in [4.69, 9.17) is 9.90 Å². The maximum atomic E-state index is 12.1. The Kier molecular flexibility index (Phi) is 6.04. The molecule has 25 heavy (non-hydrogen) atoms. The first-order chi connectivity index (χ1) is 11.6. The number of anilines is 1. The van der Waals surface area contributed by atoms with Crippen LogP contribution in [0.5, 0.6) is 0 Å². The molecule has 0 bridgehead atoms. The maximum Gasteiger partial charge on any atom is 0.490 e. The minimum Gasteiger partial charge on any atom is -0.475 e. The van der Waals surface area contributed by atoms with E-state index in [2.05, 4.69) is 22.5 Å². The van der Waals surface area contributed by atoms with E-state index in [9.17, 15) is 18.0 Å². The Balaban J connectivity index is 0.000000277. The van der Waals surface area contributed by atoms with Crippen LogP contribution in [0.25, 0.3) is 0 Å². The molecule has 140 valence electrons. The largest absolute Gasteiger partial charge is 0.490 e. The number of carbonyl (C=O) groups is 2. The number of carbonyl (C=O) groups excluding carboxylic acids is 1. The highest BCUT2D eigenvalue weighted by atomic mass is 32.1. The third-order valence-corrected chi connectivity index (χ3v) is 5.52. The van der Waals surface area contributed by atoms with Gasteiger partial charge in [0.05, 0.1) is 6.04 Å². The first kappa shape index (κ1) is 19.6. The molecule has 3 N–H and O–H groups in total. The minimum absolute atomic E-state index is 0.0284. The zero-order chi connectivity index (χ0) is 18.7. The summed E-state index contributed by atoms with van der Waals surface area (Å²) >= 11 is 1.57. The molecule has 1 aliphatic carbocycles. The Hall–Kier alpha value is -1.68. The summed E-state index contributed by atoms with van der Waals surface area (Å²) in [4.78, 5) is 26.5. The summed E-state index contributed by atoms with van der Waals surface area (Å²) in [7, 11) is 0. The number of nitrogens with zero attached hydrogens (tertiary/aromatic N) is 1. The Labute approximate surface area is 146 Å². The lowest BCUT2D eigenvalue weighted by Crippen LogP contribution is -2.35. The van der Waals surface area contributed by atoms with E-state index in [1.807, 2.05) is 6.20 Å². The third-order valence-electron chi connectivity index (χ3n) is 4.47. The van der Waals surface area contributed by atoms with Crippen LogP contribution in [-0.2, 0) is 16.0 Å². The van der Waals surface area contributed by atoms with Crippen LogP contribution < -0.4 is 10.6 Å². The van der Waals surface area contributed by atoms with Crippen LogP contribution in [0.15, 0.2) is 6.20 Å². The van der Waals surface area contributed by atoms with Gasteiger partial charge in [0, 0.05) is 17.6 Å². The Morgan fingerprint density at radius 2 is 2.12 bits per heavy atom. The quantitative estimate of drug-likeness (QED) is 0.751. The molecule has 2 heterocycles. The van der Waals surface area contributed by atoms with Gasteiger partial charge in [0.15, 0.2) is 5.13 Å². The second kappa shape index (κ2) is 7.69. The van der Waals surface area contributed by atoms with Crippen LogP contribution >= 0.6 is 11.3 Å². The van der Waals surface area contributed by atoms with E-state index in [0.29, 0.717) is 5.41 Å². The minimum atomic E-state index is -5.08. The lowest BCUT2D eigenvalue weighted by Gasteiger charge is -2.37. The van der Waals surface area contributed by atoms with Crippen LogP contribution in [0.3, 0.4) is 0 Å². The Morgan fingerprint density at radius 1 is 1.48 bits per heavy atom. The summed E-state index contributed by atoms with van der Waals surface area (Å²) in [5.41, 5.74) is 0.430. The second-order valence-electron chi connectivity index (χ2n) is 6.27. The number of nitrogens with one attached hydrogen (secondary N) is 2. The molecule has 2 aliphatic rings. The van der Waals surface area contributed by atoms with Crippen molar-refractivity contribution >= 4 is 28.3 Å². The molecule has 1 aliphatic heterocycles. The number of aliphatic carboxylic acids is 1. The maximum absolute atomic E-state index is 12.1. The fourth-order valence-electron chi connectivity index (χ4n) is 2.88. The number of alkyl halides is 3. The topological polar surface area (TPSA) is 91.3 Å². The van der Waals surface area contributed by atoms with Crippen LogP contribution in [0.4, 0.5) is 18.3 Å². The molecule has 1 spiro atoms. The van der Waals surface area contributed by atoms with Crippen molar-refractivity contribution in [3.8, 4) is 0 Å². The normalized spacial score (nSPS) is 21.2. The van der Waals surface area contributed by atoms with Crippen LogP contribution in [0, 0.1) is 5.41 Å². The molecule has 2 fully saturated rings. The van der Waals surface area contributed by atoms with Crippen molar-refractivity contribution < 1.29 is 27.9 Å². The van der Waals surface area contributed by atoms with Gasteiger partial charge in [-0.1, -0.05) is 13.3 Å². The number of rotatable bonds is 3. The highest BCUT2D eigenvalue weighted by Gasteiger charge is 2.45. The van der Waals surface area contributed by atoms with E-state index < -0.39 is 12.1 Å². The number of carboxylic acid groups (broad SMARTS) is 1. The van der Waals surface area contributed by atoms with Gasteiger partial charge in [-0.2, -0.15) is 13.2 Å². The standard InChI is InChI=1S/C13H19N3OS.C2HF3O2/c1-2-9-7-14-12(18-9)16-11(17)10-6-13(8-15-10)4-3-5-13;3-2(4,5)1(6)7/h7,10,15H,2-6,8H2,1H3,(H,14,16,17);(H,6,7). The molecule has 1 amide bonds. The van der Waals surface area contributed by atoms with Crippen molar-refractivity contribution in [3.63, 3.8) is 0 Å². The van der Waals surface area contributed by atoms with Gasteiger partial charge in [0.25, 0.3) is 0 Å². The smallest absolute Gasteiger partial charge is 0.475 e. The number of hydrogen-bond acceptors (Lipinski definition) is 5. The number of carboxylic acids is 1. The van der Waals surface area contributed by atoms with Crippen molar-refractivity contribution in [1.29, 1.82) is 0 Å². The monoisotopic (exact) mass is 379 g/mol. The second-order valence-corrected chi connectivity index (χ2v) is 7.38. The fourth-order valence-corrected chi connectivity index (χ4v) is 3.64. The highest BCUT2D eigenvalue weighted by molar-refractivity contribution is 7.15. The summed E-state index contributed by atoms with van der Waals surface area (Å²) in [6, 6.07) is -0.0284. The zero-order valence-electron chi connectivity index (χ0n) is 13.7. The average molecular weight is 379 g/mol. The Morgan fingerprint density at radius 3 is 2.52 bits per heavy atom. The summed E-state index contributed by atoms with van der Waals surface area (Å²) in [6.45, 7) is 3.10. The lowest BCUT2D eigenvalue weighted by molar-refractivity contribution is -0.192. The molecule has 1 saturated heterocycles. The van der Waals surface area contributed by atoms with E-state index in [-0.39, 0.29) is 11.9 Å². The third kappa shape index (κ3) is 5.15. The van der Waals surface area contributed by atoms with Crippen molar-refractivity contribution in [2.24, 2.45) is 5.41 Å². The van der Waals surface area contributed by atoms with Crippen LogP contribution in [-0.4, -0.2) is 40.7 Å². The number of hydrogen-bond donors (Lipinski definition) is 3. The van der Waals surface area contributed by atoms with Gasteiger partial charge in [-0.3, -0.25) is 4.79 Å². The van der Waals surface area contributed by atoms with E-state index in [1.165, 1.54) is 24.1 Å². The predicted octanol–water partition coefficient (Wildman–Crippen LogP) is 2.81. The van der Waals surface area contributed by atoms with Crippen molar-refractivity contribution in [2.75, 3.05) is 11.9 Å². The van der Waals surface area contributed by atoms with E-state index in [0.717, 1.165) is 24.5 Å². The first-order valence-electron chi connectivity index (χ1n) is 7.94. The molecular weight excluding hydrogens is 359 g/mol. The summed E-state index contributed by atoms with van der Waals surface area (Å²) in [5, 5.41) is 14.1. The van der Waals surface area contributed by atoms with Crippen molar-refractivity contribution in [1.82, 2.24) is 10.3 Å². The molecule has 1 atom stereocenters. The number of aromatic nitrogens is 1. The number of amides is 1. The molecule has 6 nitrogen and oxygen atoms in total. The van der Waals surface area contributed by atoms with Gasteiger partial charge in [-0.05, 0) is 31.1 Å². The van der Waals surface area contributed by atoms with Gasteiger partial charge >= 0.3 is 12.1 Å². The summed E-state index contributed by atoms with van der Waals surface area (Å²) < 4.78 is 31.7. The molecule has 1 unspecified atom stereocenters. The van der Waals surface area contributed by atoms with Crippen molar-refractivity contribution in [3.05, 3.63) is 11.1 Å². The fraction of sp³-hybridized carbons (Fsp3) is 0.667. The molecule has 0 aromatic carbocycles. The molecule has 1 aromatic heterocycles. The lowest BCUT2D eigenvalue weighted by atomic mass is 9.67. The SMILES string of the molecule is CCc1cnc(NC(=O)C2CC3(CCC3)CN2)s1.O=C(O)C(F)(F)F. The van der Waals surface area contributed by atoms with Gasteiger partial charge in [-0.15, -0.1) is 11.3 Å². The molecule has 3 rings (SSSR count). The van der Waals surface area contributed by atoms with E-state index >= 15 is 0 Å².